The topological polar surface area (TPSA) is 51.0 Å². The maximum absolute atomic E-state index is 12.8. The lowest BCUT2D eigenvalue weighted by Crippen LogP contribution is -2.44. The quantitative estimate of drug-likeness (QED) is 0.507. The summed E-state index contributed by atoms with van der Waals surface area (Å²) in [6, 6.07) is 15.7. The number of aromatic nitrogens is 3. The number of hydrogen-bond acceptors (Lipinski definition) is 3. The molecule has 0 spiro atoms. The summed E-state index contributed by atoms with van der Waals surface area (Å²) in [5, 5.41) is 4.19. The number of carbonyl (C=O) groups excluding carboxylic acids is 1. The van der Waals surface area contributed by atoms with Crippen molar-refractivity contribution < 1.29 is 4.79 Å². The van der Waals surface area contributed by atoms with Crippen LogP contribution in [-0.2, 0) is 18.9 Å². The summed E-state index contributed by atoms with van der Waals surface area (Å²) in [5.74, 6) is -0.204. The van der Waals surface area contributed by atoms with Gasteiger partial charge in [0, 0.05) is 36.7 Å². The number of hydrogen-bond donors (Lipinski definition) is 0. The molecule has 2 aromatic carbocycles. The molecule has 4 radical (unpaired) electrons. The minimum Gasteiger partial charge on any atom is -0.340 e. The van der Waals surface area contributed by atoms with Crippen molar-refractivity contribution in [3.05, 3.63) is 83.3 Å². The van der Waals surface area contributed by atoms with E-state index in [0.717, 1.165) is 27.6 Å². The molecule has 0 aliphatic carbocycles. The first-order chi connectivity index (χ1) is 14.4. The Balaban J connectivity index is 1.44. The Labute approximate surface area is 177 Å². The first-order valence-electron chi connectivity index (χ1n) is 9.74. The molecule has 0 unspecified atom stereocenters. The third kappa shape index (κ3) is 2.76. The van der Waals surface area contributed by atoms with Crippen molar-refractivity contribution in [1.82, 2.24) is 19.7 Å². The van der Waals surface area contributed by atoms with Crippen LogP contribution >= 0.6 is 0 Å². The van der Waals surface area contributed by atoms with E-state index in [9.17, 15) is 4.79 Å². The molecular weight excluding hydrogens is 370 g/mol. The SMILES string of the molecule is [B]C1([B])c2ncccc2C(=O)N1Cc1ccc(-c2ccc3nn(C)cc3c2C)cc1. The Bertz CT molecular complexity index is 1290. The summed E-state index contributed by atoms with van der Waals surface area (Å²) in [7, 11) is 14.5. The van der Waals surface area contributed by atoms with Crippen LogP contribution < -0.4 is 0 Å². The first-order valence-corrected chi connectivity index (χ1v) is 9.74. The molecule has 0 saturated carbocycles. The summed E-state index contributed by atoms with van der Waals surface area (Å²) >= 11 is 0. The Morgan fingerprint density at radius 3 is 2.53 bits per heavy atom. The van der Waals surface area contributed by atoms with Gasteiger partial charge in [-0.25, -0.2) is 0 Å². The summed E-state index contributed by atoms with van der Waals surface area (Å²) < 4.78 is 1.83. The number of amides is 1. The first kappa shape index (κ1) is 18.7. The van der Waals surface area contributed by atoms with Crippen molar-refractivity contribution >= 4 is 32.5 Å². The molecule has 5 nitrogen and oxygen atoms in total. The fourth-order valence-corrected chi connectivity index (χ4v) is 4.18. The van der Waals surface area contributed by atoms with Crippen LogP contribution in [0.25, 0.3) is 22.0 Å². The lowest BCUT2D eigenvalue weighted by molar-refractivity contribution is 0.0731. The molecule has 4 aromatic rings. The zero-order chi connectivity index (χ0) is 21.0. The summed E-state index contributed by atoms with van der Waals surface area (Å²) in [6.45, 7) is 2.42. The van der Waals surface area contributed by atoms with Gasteiger partial charge in [-0.05, 0) is 47.4 Å². The second-order valence-electron chi connectivity index (χ2n) is 7.79. The van der Waals surface area contributed by atoms with E-state index in [4.69, 9.17) is 15.7 Å². The van der Waals surface area contributed by atoms with E-state index in [1.54, 1.807) is 18.3 Å². The van der Waals surface area contributed by atoms with Crippen molar-refractivity contribution in [2.45, 2.75) is 18.8 Å². The highest BCUT2D eigenvalue weighted by molar-refractivity contribution is 6.42. The lowest BCUT2D eigenvalue weighted by Gasteiger charge is -2.33. The second kappa shape index (κ2) is 6.59. The Kier molecular flexibility index (Phi) is 4.10. The molecule has 0 atom stereocenters. The molecule has 1 aliphatic rings. The van der Waals surface area contributed by atoms with E-state index >= 15 is 0 Å². The third-order valence-electron chi connectivity index (χ3n) is 5.79. The third-order valence-corrected chi connectivity index (χ3v) is 5.79. The highest BCUT2D eigenvalue weighted by Crippen LogP contribution is 2.35. The molecule has 3 heterocycles. The van der Waals surface area contributed by atoms with Crippen molar-refractivity contribution in [2.24, 2.45) is 7.05 Å². The highest BCUT2D eigenvalue weighted by atomic mass is 16.2. The summed E-state index contributed by atoms with van der Waals surface area (Å²) in [5.41, 5.74) is 6.24. The van der Waals surface area contributed by atoms with Crippen LogP contribution in [0.1, 0.15) is 27.2 Å². The van der Waals surface area contributed by atoms with Gasteiger partial charge in [0.2, 0.25) is 0 Å². The van der Waals surface area contributed by atoms with Gasteiger partial charge >= 0.3 is 0 Å². The van der Waals surface area contributed by atoms with Gasteiger partial charge in [0.1, 0.15) is 0 Å². The minimum absolute atomic E-state index is 0.204. The van der Waals surface area contributed by atoms with Gasteiger partial charge in [0.15, 0.2) is 0 Å². The minimum atomic E-state index is -1.42. The van der Waals surface area contributed by atoms with Crippen molar-refractivity contribution in [1.29, 1.82) is 0 Å². The van der Waals surface area contributed by atoms with Crippen LogP contribution in [0, 0.1) is 6.92 Å². The summed E-state index contributed by atoms with van der Waals surface area (Å²) in [4.78, 5) is 18.5. The number of nitrogens with zero attached hydrogens (tertiary/aromatic N) is 4. The van der Waals surface area contributed by atoms with Gasteiger partial charge in [-0.15, -0.1) is 0 Å². The highest BCUT2D eigenvalue weighted by Gasteiger charge is 2.42. The fourth-order valence-electron chi connectivity index (χ4n) is 4.18. The molecular formula is C23H18B2N4O. The maximum Gasteiger partial charge on any atom is 0.255 e. The zero-order valence-corrected chi connectivity index (χ0v) is 16.8. The molecule has 2 aromatic heterocycles. The monoisotopic (exact) mass is 388 g/mol. The second-order valence-corrected chi connectivity index (χ2v) is 7.79. The van der Waals surface area contributed by atoms with Crippen molar-refractivity contribution in [3.63, 3.8) is 0 Å². The van der Waals surface area contributed by atoms with Crippen LogP contribution in [0.15, 0.2) is 60.9 Å². The number of aryl methyl sites for hydroxylation is 2. The van der Waals surface area contributed by atoms with Crippen molar-refractivity contribution in [2.75, 3.05) is 0 Å². The number of rotatable bonds is 3. The van der Waals surface area contributed by atoms with E-state index in [-0.39, 0.29) is 5.91 Å². The average molecular weight is 388 g/mol. The molecule has 142 valence electrons. The van der Waals surface area contributed by atoms with Gasteiger partial charge in [0.25, 0.3) is 5.91 Å². The van der Waals surface area contributed by atoms with Crippen LogP contribution in [0.4, 0.5) is 0 Å². The van der Waals surface area contributed by atoms with Gasteiger partial charge < -0.3 is 4.90 Å². The summed E-state index contributed by atoms with van der Waals surface area (Å²) in [6.07, 6.45) is 3.63. The van der Waals surface area contributed by atoms with E-state index in [1.807, 2.05) is 36.1 Å². The number of pyridine rings is 1. The number of carbonyl (C=O) groups is 1. The van der Waals surface area contributed by atoms with Gasteiger partial charge in [-0.2, -0.15) is 5.10 Å². The van der Waals surface area contributed by atoms with Gasteiger partial charge in [-0.1, -0.05) is 30.3 Å². The molecule has 0 saturated heterocycles. The van der Waals surface area contributed by atoms with Crippen LogP contribution in [0.2, 0.25) is 0 Å². The normalized spacial score (nSPS) is 15.0. The van der Waals surface area contributed by atoms with Crippen LogP contribution in [0.3, 0.4) is 0 Å². The molecule has 7 heteroatoms. The predicted molar refractivity (Wildman–Crippen MR) is 118 cm³/mol. The largest absolute Gasteiger partial charge is 0.340 e. The van der Waals surface area contributed by atoms with Crippen molar-refractivity contribution in [3.8, 4) is 11.1 Å². The smallest absolute Gasteiger partial charge is 0.255 e. The predicted octanol–water partition coefficient (Wildman–Crippen LogP) is 3.05. The number of fused-ring (bicyclic) bond motifs is 2. The molecule has 30 heavy (non-hydrogen) atoms. The molecule has 0 bridgehead atoms. The van der Waals surface area contributed by atoms with Crippen LogP contribution in [0.5, 0.6) is 0 Å². The average Bonchev–Trinajstić information content (AvgIpc) is 3.21. The Morgan fingerprint density at radius 2 is 1.80 bits per heavy atom. The lowest BCUT2D eigenvalue weighted by atomic mass is 9.59. The fraction of sp³-hybridized carbons (Fsp3) is 0.174. The standard InChI is InChI=1S/C23H18B2N4O/c1-14-17(9-10-20-19(14)13-28(2)27-20)16-7-5-15(6-8-16)12-29-22(30)18-4-3-11-26-21(18)23(29,24)25/h3-11,13H,12H2,1-2H3. The zero-order valence-electron chi connectivity index (χ0n) is 16.8. The molecule has 1 amide bonds. The molecule has 5 rings (SSSR count). The van der Waals surface area contributed by atoms with Gasteiger partial charge in [0.05, 0.1) is 32.5 Å². The molecule has 0 fully saturated rings. The van der Waals surface area contributed by atoms with E-state index in [1.165, 1.54) is 10.5 Å². The van der Waals surface area contributed by atoms with E-state index < -0.39 is 5.34 Å². The van der Waals surface area contributed by atoms with E-state index in [2.05, 4.69) is 35.2 Å². The van der Waals surface area contributed by atoms with Gasteiger partial charge in [-0.3, -0.25) is 14.5 Å². The molecule has 1 aliphatic heterocycles. The van der Waals surface area contributed by atoms with E-state index in [0.29, 0.717) is 17.8 Å². The Morgan fingerprint density at radius 1 is 1.03 bits per heavy atom. The maximum atomic E-state index is 12.8. The van der Waals surface area contributed by atoms with Crippen LogP contribution in [-0.4, -0.2) is 41.3 Å². The molecule has 0 N–H and O–H groups in total. The Hall–Kier alpha value is -3.34. The number of benzene rings is 2.